The summed E-state index contributed by atoms with van der Waals surface area (Å²) in [5.41, 5.74) is 0.754. The Balaban J connectivity index is 1.14. The number of morpholine rings is 1. The molecule has 3 amide bonds. The van der Waals surface area contributed by atoms with Crippen LogP contribution in [-0.4, -0.2) is 72.9 Å². The van der Waals surface area contributed by atoms with E-state index in [-0.39, 0.29) is 36.8 Å². The third-order valence-corrected chi connectivity index (χ3v) is 7.01. The van der Waals surface area contributed by atoms with Crippen molar-refractivity contribution in [3.8, 4) is 11.5 Å². The van der Waals surface area contributed by atoms with E-state index < -0.39 is 0 Å². The predicted octanol–water partition coefficient (Wildman–Crippen LogP) is 4.19. The third-order valence-electron chi connectivity index (χ3n) is 6.10. The van der Waals surface area contributed by atoms with E-state index >= 15 is 0 Å². The number of carbonyl (C=O) groups is 3. The van der Waals surface area contributed by atoms with Crippen molar-refractivity contribution < 1.29 is 28.6 Å². The fourth-order valence-corrected chi connectivity index (χ4v) is 4.99. The predicted molar refractivity (Wildman–Crippen MR) is 141 cm³/mol. The molecule has 2 fully saturated rings. The minimum atomic E-state index is -0.340. The van der Waals surface area contributed by atoms with Crippen molar-refractivity contribution in [2.75, 3.05) is 46.1 Å². The number of ether oxygens (including phenoxy) is 3. The average Bonchev–Trinajstić information content (AvgIpc) is 3.20. The summed E-state index contributed by atoms with van der Waals surface area (Å²) in [4.78, 5) is 40.8. The van der Waals surface area contributed by atoms with Gasteiger partial charge < -0.3 is 19.1 Å². The lowest BCUT2D eigenvalue weighted by atomic mass is 10.1. The van der Waals surface area contributed by atoms with Crippen LogP contribution in [0.2, 0.25) is 0 Å². The summed E-state index contributed by atoms with van der Waals surface area (Å²) in [6.45, 7) is 2.56. The number of rotatable bonds is 8. The molecule has 37 heavy (non-hydrogen) atoms. The molecule has 0 spiro atoms. The van der Waals surface area contributed by atoms with Gasteiger partial charge >= 0.3 is 0 Å². The van der Waals surface area contributed by atoms with Crippen LogP contribution in [0.25, 0.3) is 16.8 Å². The number of hydrogen-bond acceptors (Lipinski definition) is 7. The highest BCUT2D eigenvalue weighted by Crippen LogP contribution is 2.32. The van der Waals surface area contributed by atoms with Crippen LogP contribution in [-0.2, 0) is 14.3 Å². The minimum Gasteiger partial charge on any atom is -0.491 e. The van der Waals surface area contributed by atoms with Crippen molar-refractivity contribution in [1.29, 1.82) is 0 Å². The van der Waals surface area contributed by atoms with Crippen molar-refractivity contribution >= 4 is 45.7 Å². The number of fused-ring (bicyclic) bond motifs is 1. The Labute approximate surface area is 218 Å². The van der Waals surface area contributed by atoms with E-state index in [2.05, 4.69) is 0 Å². The summed E-state index contributed by atoms with van der Waals surface area (Å²) < 4.78 is 16.8. The highest BCUT2D eigenvalue weighted by Gasteiger charge is 2.34. The van der Waals surface area contributed by atoms with Gasteiger partial charge in [-0.05, 0) is 47.0 Å². The Morgan fingerprint density at radius 1 is 0.946 bits per heavy atom. The van der Waals surface area contributed by atoms with Gasteiger partial charge in [-0.1, -0.05) is 48.5 Å². The molecule has 3 aromatic rings. The van der Waals surface area contributed by atoms with Gasteiger partial charge in [0, 0.05) is 18.5 Å². The van der Waals surface area contributed by atoms with Crippen LogP contribution < -0.4 is 9.47 Å². The van der Waals surface area contributed by atoms with Gasteiger partial charge in [0.05, 0.1) is 24.7 Å². The molecule has 9 heteroatoms. The second-order valence-electron chi connectivity index (χ2n) is 8.51. The molecule has 5 rings (SSSR count). The SMILES string of the molecule is O=C(COc1ccc(/C=C2\SC(=O)N(CCOc3cccc4ccccc34)C2=O)cc1)N1CCOCC1. The maximum absolute atomic E-state index is 12.9. The second kappa shape index (κ2) is 11.5. The minimum absolute atomic E-state index is 0.0426. The number of nitrogens with zero attached hydrogens (tertiary/aromatic N) is 2. The highest BCUT2D eigenvalue weighted by molar-refractivity contribution is 8.18. The molecule has 0 atom stereocenters. The molecule has 0 N–H and O–H groups in total. The Hall–Kier alpha value is -3.82. The number of carbonyl (C=O) groups excluding carboxylic acids is 3. The van der Waals surface area contributed by atoms with Crippen LogP contribution in [0, 0.1) is 0 Å². The molecule has 2 heterocycles. The summed E-state index contributed by atoms with van der Waals surface area (Å²) in [7, 11) is 0. The van der Waals surface area contributed by atoms with Gasteiger partial charge in [0.25, 0.3) is 17.1 Å². The number of imide groups is 1. The lowest BCUT2D eigenvalue weighted by Gasteiger charge is -2.26. The van der Waals surface area contributed by atoms with Crippen LogP contribution in [0.15, 0.2) is 71.6 Å². The van der Waals surface area contributed by atoms with E-state index in [0.29, 0.717) is 37.0 Å². The van der Waals surface area contributed by atoms with Crippen LogP contribution >= 0.6 is 11.8 Å². The van der Waals surface area contributed by atoms with Gasteiger partial charge in [-0.15, -0.1) is 0 Å². The number of thioether (sulfide) groups is 1. The lowest BCUT2D eigenvalue weighted by Crippen LogP contribution is -2.42. The summed E-state index contributed by atoms with van der Waals surface area (Å²) in [6.07, 6.45) is 1.68. The van der Waals surface area contributed by atoms with E-state index in [1.54, 1.807) is 35.2 Å². The molecule has 2 aliphatic rings. The Kier molecular flexibility index (Phi) is 7.72. The first-order valence-electron chi connectivity index (χ1n) is 12.0. The molecule has 0 radical (unpaired) electrons. The molecule has 8 nitrogen and oxygen atoms in total. The molecular formula is C28H26N2O6S. The zero-order chi connectivity index (χ0) is 25.6. The largest absolute Gasteiger partial charge is 0.491 e. The van der Waals surface area contributed by atoms with Gasteiger partial charge in [-0.2, -0.15) is 0 Å². The van der Waals surface area contributed by atoms with Crippen molar-refractivity contribution in [1.82, 2.24) is 9.80 Å². The lowest BCUT2D eigenvalue weighted by molar-refractivity contribution is -0.137. The highest BCUT2D eigenvalue weighted by atomic mass is 32.2. The summed E-state index contributed by atoms with van der Waals surface area (Å²) in [5, 5.41) is 1.73. The van der Waals surface area contributed by atoms with E-state index in [1.165, 1.54) is 4.90 Å². The maximum atomic E-state index is 12.9. The molecule has 0 saturated carbocycles. The monoisotopic (exact) mass is 518 g/mol. The molecule has 0 unspecified atom stereocenters. The standard InChI is InChI=1S/C28H26N2O6S/c31-26(29-12-15-34-16-13-29)19-36-22-10-8-20(9-11-22)18-25-27(32)30(28(33)37-25)14-17-35-24-7-3-5-21-4-1-2-6-23(21)24/h1-11,18H,12-17,19H2/b25-18-. The fourth-order valence-electron chi connectivity index (χ4n) is 4.12. The molecule has 190 valence electrons. The van der Waals surface area contributed by atoms with Gasteiger partial charge in [-0.3, -0.25) is 19.3 Å². The van der Waals surface area contributed by atoms with Crippen LogP contribution in [0.4, 0.5) is 4.79 Å². The first kappa shape index (κ1) is 24.9. The molecule has 0 bridgehead atoms. The van der Waals surface area contributed by atoms with Crippen molar-refractivity contribution in [2.24, 2.45) is 0 Å². The maximum Gasteiger partial charge on any atom is 0.293 e. The van der Waals surface area contributed by atoms with Gasteiger partial charge in [0.1, 0.15) is 18.1 Å². The van der Waals surface area contributed by atoms with Crippen LogP contribution in [0.1, 0.15) is 5.56 Å². The smallest absolute Gasteiger partial charge is 0.293 e. The number of hydrogen-bond donors (Lipinski definition) is 0. The van der Waals surface area contributed by atoms with Gasteiger partial charge in [-0.25, -0.2) is 0 Å². The van der Waals surface area contributed by atoms with Gasteiger partial charge in [0.2, 0.25) is 0 Å². The van der Waals surface area contributed by atoms with Crippen LogP contribution in [0.3, 0.4) is 0 Å². The quantitative estimate of drug-likeness (QED) is 0.414. The second-order valence-corrected chi connectivity index (χ2v) is 9.50. The van der Waals surface area contributed by atoms with E-state index in [1.807, 2.05) is 42.5 Å². The molecule has 0 aliphatic carbocycles. The number of amides is 3. The van der Waals surface area contributed by atoms with Crippen molar-refractivity contribution in [3.63, 3.8) is 0 Å². The first-order chi connectivity index (χ1) is 18.1. The zero-order valence-corrected chi connectivity index (χ0v) is 20.9. The first-order valence-corrected chi connectivity index (χ1v) is 12.8. The van der Waals surface area contributed by atoms with Crippen LogP contribution in [0.5, 0.6) is 11.5 Å². The van der Waals surface area contributed by atoms with Crippen molar-refractivity contribution in [3.05, 3.63) is 77.2 Å². The topological polar surface area (TPSA) is 85.4 Å². The Morgan fingerprint density at radius 3 is 2.51 bits per heavy atom. The van der Waals surface area contributed by atoms with E-state index in [0.717, 1.165) is 33.8 Å². The molecule has 2 saturated heterocycles. The molecule has 0 aromatic heterocycles. The van der Waals surface area contributed by atoms with E-state index in [4.69, 9.17) is 14.2 Å². The molecule has 2 aliphatic heterocycles. The molecule has 3 aromatic carbocycles. The third kappa shape index (κ3) is 5.95. The summed E-state index contributed by atoms with van der Waals surface area (Å²) in [5.74, 6) is 0.852. The zero-order valence-electron chi connectivity index (χ0n) is 20.1. The normalized spacial score (nSPS) is 17.0. The average molecular weight is 519 g/mol. The summed E-state index contributed by atoms with van der Waals surface area (Å²) >= 11 is 0.911. The van der Waals surface area contributed by atoms with Gasteiger partial charge in [0.15, 0.2) is 6.61 Å². The Morgan fingerprint density at radius 2 is 1.70 bits per heavy atom. The Bertz CT molecular complexity index is 1330. The summed E-state index contributed by atoms with van der Waals surface area (Å²) in [6, 6.07) is 20.7. The number of benzene rings is 3. The van der Waals surface area contributed by atoms with E-state index in [9.17, 15) is 14.4 Å². The fraction of sp³-hybridized carbons (Fsp3) is 0.250. The molecular weight excluding hydrogens is 492 g/mol. The van der Waals surface area contributed by atoms with Crippen molar-refractivity contribution in [2.45, 2.75) is 0 Å².